The van der Waals surface area contributed by atoms with Gasteiger partial charge in [0.2, 0.25) is 0 Å². The Hall–Kier alpha value is -2.86. The number of hydrazine groups is 1. The van der Waals surface area contributed by atoms with Crippen molar-refractivity contribution in [2.45, 2.75) is 46.6 Å². The summed E-state index contributed by atoms with van der Waals surface area (Å²) >= 11 is 0. The molecule has 0 aliphatic carbocycles. The number of carbonyl (C=O) groups is 2. The number of amides is 2. The Kier molecular flexibility index (Phi) is 7.62. The zero-order valence-electron chi connectivity index (χ0n) is 19.0. The van der Waals surface area contributed by atoms with E-state index in [9.17, 15) is 9.59 Å². The van der Waals surface area contributed by atoms with Gasteiger partial charge in [0.25, 0.3) is 11.8 Å². The highest BCUT2D eigenvalue weighted by molar-refractivity contribution is 6.00. The highest BCUT2D eigenvalue weighted by atomic mass is 16.5. The Morgan fingerprint density at radius 3 is 2.23 bits per heavy atom. The van der Waals surface area contributed by atoms with Crippen LogP contribution in [0.5, 0.6) is 5.75 Å². The molecule has 6 heteroatoms. The fourth-order valence-electron chi connectivity index (χ4n) is 3.62. The Labute approximate surface area is 179 Å². The van der Waals surface area contributed by atoms with Gasteiger partial charge in [0.1, 0.15) is 5.75 Å². The van der Waals surface area contributed by atoms with Crippen LogP contribution in [-0.4, -0.2) is 43.2 Å². The number of nitrogens with zero attached hydrogens (tertiary/aromatic N) is 1. The number of methoxy groups -OCH3 is 2. The van der Waals surface area contributed by atoms with E-state index in [2.05, 4.69) is 5.43 Å². The fraction of sp³-hybridized carbons (Fsp3) is 0.417. The van der Waals surface area contributed by atoms with Crippen molar-refractivity contribution in [2.24, 2.45) is 0 Å². The van der Waals surface area contributed by atoms with E-state index < -0.39 is 5.54 Å². The van der Waals surface area contributed by atoms with Crippen LogP contribution in [0.2, 0.25) is 0 Å². The first-order chi connectivity index (χ1) is 14.1. The molecule has 0 saturated carbocycles. The normalized spacial score (nSPS) is 11.2. The van der Waals surface area contributed by atoms with Crippen LogP contribution in [0.4, 0.5) is 0 Å². The largest absolute Gasteiger partial charge is 0.496 e. The standard InChI is InChI=1S/C24H32N2O4/c1-8-19-20(10-9-11-21(19)30-7)22(27)25-26(24(4,5)15-29-6)23(28)18-13-16(2)12-17(3)14-18/h9-14H,8,15H2,1-7H3,(H,25,27). The predicted molar refractivity (Wildman–Crippen MR) is 118 cm³/mol. The second-order valence-corrected chi connectivity index (χ2v) is 8.04. The Morgan fingerprint density at radius 2 is 1.70 bits per heavy atom. The number of carbonyl (C=O) groups excluding carboxylic acids is 2. The van der Waals surface area contributed by atoms with Crippen LogP contribution in [0.3, 0.4) is 0 Å². The Bertz CT molecular complexity index is 901. The van der Waals surface area contributed by atoms with Gasteiger partial charge in [0.15, 0.2) is 0 Å². The van der Waals surface area contributed by atoms with Crippen molar-refractivity contribution in [3.8, 4) is 5.75 Å². The van der Waals surface area contributed by atoms with Gasteiger partial charge in [0, 0.05) is 23.8 Å². The van der Waals surface area contributed by atoms with E-state index in [-0.39, 0.29) is 18.4 Å². The minimum Gasteiger partial charge on any atom is -0.496 e. The first-order valence-corrected chi connectivity index (χ1v) is 10.0. The molecule has 0 aliphatic heterocycles. The van der Waals surface area contributed by atoms with Crippen molar-refractivity contribution in [1.82, 2.24) is 10.4 Å². The molecule has 0 bridgehead atoms. The van der Waals surface area contributed by atoms with Crippen molar-refractivity contribution >= 4 is 11.8 Å². The minimum absolute atomic E-state index is 0.253. The molecule has 2 rings (SSSR count). The van der Waals surface area contributed by atoms with Gasteiger partial charge in [-0.05, 0) is 58.4 Å². The second-order valence-electron chi connectivity index (χ2n) is 8.04. The van der Waals surface area contributed by atoms with Gasteiger partial charge >= 0.3 is 0 Å². The molecule has 0 heterocycles. The molecular formula is C24H32N2O4. The summed E-state index contributed by atoms with van der Waals surface area (Å²) in [5.41, 5.74) is 5.80. The summed E-state index contributed by atoms with van der Waals surface area (Å²) in [6, 6.07) is 11.0. The van der Waals surface area contributed by atoms with E-state index in [1.165, 1.54) is 5.01 Å². The number of aryl methyl sites for hydroxylation is 2. The first-order valence-electron chi connectivity index (χ1n) is 10.0. The molecule has 0 fully saturated rings. The van der Waals surface area contributed by atoms with Crippen LogP contribution in [0.1, 0.15) is 58.2 Å². The lowest BCUT2D eigenvalue weighted by Crippen LogP contribution is -2.59. The third-order valence-electron chi connectivity index (χ3n) is 4.94. The maximum Gasteiger partial charge on any atom is 0.272 e. The highest BCUT2D eigenvalue weighted by Gasteiger charge is 2.34. The molecule has 0 aromatic heterocycles. The smallest absolute Gasteiger partial charge is 0.272 e. The molecule has 6 nitrogen and oxygen atoms in total. The summed E-state index contributed by atoms with van der Waals surface area (Å²) in [5.74, 6) is -0.0146. The van der Waals surface area contributed by atoms with Gasteiger partial charge in [-0.25, -0.2) is 5.01 Å². The van der Waals surface area contributed by atoms with Gasteiger partial charge in [-0.2, -0.15) is 0 Å². The lowest BCUT2D eigenvalue weighted by atomic mass is 10.0. The van der Waals surface area contributed by atoms with Crippen molar-refractivity contribution in [3.63, 3.8) is 0 Å². The van der Waals surface area contributed by atoms with Gasteiger partial charge in [-0.3, -0.25) is 15.0 Å². The molecule has 0 unspecified atom stereocenters. The minimum atomic E-state index is -0.773. The van der Waals surface area contributed by atoms with Crippen LogP contribution in [0.25, 0.3) is 0 Å². The van der Waals surface area contributed by atoms with Crippen molar-refractivity contribution in [1.29, 1.82) is 0 Å². The number of nitrogens with one attached hydrogen (secondary N) is 1. The van der Waals surface area contributed by atoms with Gasteiger partial charge in [-0.15, -0.1) is 0 Å². The predicted octanol–water partition coefficient (Wildman–Crippen LogP) is 4.09. The summed E-state index contributed by atoms with van der Waals surface area (Å²) in [4.78, 5) is 26.7. The van der Waals surface area contributed by atoms with E-state index in [0.717, 1.165) is 16.7 Å². The zero-order chi connectivity index (χ0) is 22.5. The molecule has 2 aromatic carbocycles. The summed E-state index contributed by atoms with van der Waals surface area (Å²) in [6.45, 7) is 9.80. The lowest BCUT2D eigenvalue weighted by Gasteiger charge is -2.38. The maximum atomic E-state index is 13.4. The van der Waals surface area contributed by atoms with Crippen LogP contribution < -0.4 is 10.2 Å². The second kappa shape index (κ2) is 9.76. The fourth-order valence-corrected chi connectivity index (χ4v) is 3.62. The molecule has 0 aliphatic rings. The number of hydrogen-bond donors (Lipinski definition) is 1. The zero-order valence-corrected chi connectivity index (χ0v) is 19.0. The molecule has 1 N–H and O–H groups in total. The number of rotatable bonds is 7. The van der Waals surface area contributed by atoms with Gasteiger partial charge in [-0.1, -0.05) is 30.2 Å². The third kappa shape index (κ3) is 5.19. The topological polar surface area (TPSA) is 67.9 Å². The Balaban J connectivity index is 2.46. The quantitative estimate of drug-likeness (QED) is 0.696. The van der Waals surface area contributed by atoms with Crippen molar-refractivity contribution < 1.29 is 19.1 Å². The van der Waals surface area contributed by atoms with Crippen LogP contribution in [0.15, 0.2) is 36.4 Å². The lowest BCUT2D eigenvalue weighted by molar-refractivity contribution is 0.00480. The summed E-state index contributed by atoms with van der Waals surface area (Å²) in [6.07, 6.45) is 0.624. The van der Waals surface area contributed by atoms with E-state index in [4.69, 9.17) is 9.47 Å². The van der Waals surface area contributed by atoms with E-state index in [0.29, 0.717) is 23.3 Å². The van der Waals surface area contributed by atoms with Crippen LogP contribution in [0, 0.1) is 13.8 Å². The number of ether oxygens (including phenoxy) is 2. The monoisotopic (exact) mass is 412 g/mol. The summed E-state index contributed by atoms with van der Waals surface area (Å²) in [7, 11) is 3.15. The van der Waals surface area contributed by atoms with E-state index in [1.54, 1.807) is 26.4 Å². The molecule has 162 valence electrons. The van der Waals surface area contributed by atoms with Gasteiger partial charge in [0.05, 0.1) is 19.3 Å². The highest BCUT2D eigenvalue weighted by Crippen LogP contribution is 2.24. The Morgan fingerprint density at radius 1 is 1.07 bits per heavy atom. The molecule has 30 heavy (non-hydrogen) atoms. The van der Waals surface area contributed by atoms with E-state index in [1.807, 2.05) is 58.9 Å². The molecule has 2 amide bonds. The molecular weight excluding hydrogens is 380 g/mol. The van der Waals surface area contributed by atoms with Crippen molar-refractivity contribution in [3.05, 3.63) is 64.2 Å². The average molecular weight is 413 g/mol. The molecule has 0 spiro atoms. The number of hydrogen-bond acceptors (Lipinski definition) is 4. The summed E-state index contributed by atoms with van der Waals surface area (Å²) in [5, 5.41) is 1.37. The van der Waals surface area contributed by atoms with E-state index >= 15 is 0 Å². The van der Waals surface area contributed by atoms with Crippen molar-refractivity contribution in [2.75, 3.05) is 20.8 Å². The van der Waals surface area contributed by atoms with Crippen LogP contribution >= 0.6 is 0 Å². The number of benzene rings is 2. The average Bonchev–Trinajstić information content (AvgIpc) is 2.69. The molecule has 0 saturated heterocycles. The SMILES string of the molecule is CCc1c(OC)cccc1C(=O)NN(C(=O)c1cc(C)cc(C)c1)C(C)(C)COC. The van der Waals surface area contributed by atoms with Crippen LogP contribution in [-0.2, 0) is 11.2 Å². The van der Waals surface area contributed by atoms with Gasteiger partial charge < -0.3 is 9.47 Å². The summed E-state index contributed by atoms with van der Waals surface area (Å²) < 4.78 is 10.7. The molecule has 0 atom stereocenters. The molecule has 0 radical (unpaired) electrons. The maximum absolute atomic E-state index is 13.4. The molecule has 2 aromatic rings. The third-order valence-corrected chi connectivity index (χ3v) is 4.94. The first kappa shape index (κ1) is 23.4.